The van der Waals surface area contributed by atoms with Crippen molar-refractivity contribution in [2.45, 2.75) is 13.0 Å². The summed E-state index contributed by atoms with van der Waals surface area (Å²) in [5.41, 5.74) is 1.14. The van der Waals surface area contributed by atoms with E-state index in [2.05, 4.69) is 0 Å². The van der Waals surface area contributed by atoms with E-state index >= 15 is 0 Å². The summed E-state index contributed by atoms with van der Waals surface area (Å²) in [6.45, 7) is 1.94. The number of carbonyl (C=O) groups is 3. The molecule has 0 saturated heterocycles. The van der Waals surface area contributed by atoms with Crippen molar-refractivity contribution in [1.82, 2.24) is 0 Å². The Morgan fingerprint density at radius 3 is 2.48 bits per heavy atom. The zero-order chi connectivity index (χ0) is 23.5. The topological polar surface area (TPSA) is 106 Å². The van der Waals surface area contributed by atoms with Crippen LogP contribution in [0.4, 0.5) is 5.69 Å². The number of ketones is 1. The zero-order valence-electron chi connectivity index (χ0n) is 18.0. The molecule has 8 nitrogen and oxygen atoms in total. The quantitative estimate of drug-likeness (QED) is 0.426. The van der Waals surface area contributed by atoms with Crippen molar-refractivity contribution in [2.24, 2.45) is 0 Å². The Kier molecular flexibility index (Phi) is 5.99. The number of nitrogens with zero attached hydrogens (tertiary/aromatic N) is 1. The number of hydrogen-bond donors (Lipinski definition) is 1. The maximum absolute atomic E-state index is 13.2. The number of hydrogen-bond acceptors (Lipinski definition) is 7. The van der Waals surface area contributed by atoms with Gasteiger partial charge in [-0.2, -0.15) is 0 Å². The van der Waals surface area contributed by atoms with E-state index < -0.39 is 29.5 Å². The van der Waals surface area contributed by atoms with Crippen LogP contribution in [0.25, 0.3) is 0 Å². The van der Waals surface area contributed by atoms with Crippen molar-refractivity contribution in [3.63, 3.8) is 0 Å². The van der Waals surface area contributed by atoms with Crippen LogP contribution in [0.3, 0.4) is 0 Å². The Bertz CT molecular complexity index is 1230. The molecule has 4 rings (SSSR count). The molecule has 0 aliphatic carbocycles. The van der Waals surface area contributed by atoms with Gasteiger partial charge in [0.25, 0.3) is 5.91 Å². The highest BCUT2D eigenvalue weighted by Gasteiger charge is 2.45. The molecule has 0 spiro atoms. The van der Waals surface area contributed by atoms with Crippen LogP contribution in [0.5, 0.6) is 5.75 Å². The summed E-state index contributed by atoms with van der Waals surface area (Å²) in [6.07, 6.45) is 1.34. The van der Waals surface area contributed by atoms with E-state index in [0.717, 1.165) is 0 Å². The first kappa shape index (κ1) is 21.9. The van der Waals surface area contributed by atoms with E-state index in [9.17, 15) is 19.5 Å². The highest BCUT2D eigenvalue weighted by Crippen LogP contribution is 2.42. The maximum Gasteiger partial charge on any atom is 0.338 e. The smallest absolute Gasteiger partial charge is 0.338 e. The number of ether oxygens (including phenoxy) is 2. The summed E-state index contributed by atoms with van der Waals surface area (Å²) in [5, 5.41) is 10.8. The van der Waals surface area contributed by atoms with Crippen molar-refractivity contribution >= 4 is 23.3 Å². The number of methoxy groups -OCH3 is 1. The van der Waals surface area contributed by atoms with E-state index in [1.165, 1.54) is 36.5 Å². The predicted molar refractivity (Wildman–Crippen MR) is 118 cm³/mol. The van der Waals surface area contributed by atoms with E-state index in [4.69, 9.17) is 13.9 Å². The monoisotopic (exact) mass is 447 g/mol. The van der Waals surface area contributed by atoms with Gasteiger partial charge in [-0.25, -0.2) is 4.79 Å². The summed E-state index contributed by atoms with van der Waals surface area (Å²) < 4.78 is 15.5. The van der Waals surface area contributed by atoms with Crippen LogP contribution in [0.15, 0.2) is 82.7 Å². The maximum atomic E-state index is 13.2. The van der Waals surface area contributed by atoms with E-state index in [1.54, 1.807) is 49.4 Å². The summed E-state index contributed by atoms with van der Waals surface area (Å²) in [6, 6.07) is 15.1. The van der Waals surface area contributed by atoms with Gasteiger partial charge >= 0.3 is 5.97 Å². The molecule has 33 heavy (non-hydrogen) atoms. The number of benzene rings is 2. The van der Waals surface area contributed by atoms with Crippen LogP contribution in [0, 0.1) is 0 Å². The molecule has 1 aliphatic heterocycles. The molecule has 0 saturated carbocycles. The molecule has 168 valence electrons. The molecule has 3 aromatic rings. The number of Topliss-reactive ketones (excluding diaryl/α,β-unsaturated/α-hetero) is 1. The molecule has 1 aliphatic rings. The van der Waals surface area contributed by atoms with Crippen LogP contribution in [0.2, 0.25) is 0 Å². The third-order valence-electron chi connectivity index (χ3n) is 5.26. The third kappa shape index (κ3) is 3.98. The first-order valence-electron chi connectivity index (χ1n) is 10.2. The van der Waals surface area contributed by atoms with Crippen molar-refractivity contribution in [2.75, 3.05) is 18.6 Å². The van der Waals surface area contributed by atoms with Gasteiger partial charge in [0.2, 0.25) is 5.78 Å². The van der Waals surface area contributed by atoms with Gasteiger partial charge in [0, 0.05) is 5.69 Å². The predicted octanol–water partition coefficient (Wildman–Crippen LogP) is 4.25. The SMILES string of the molecule is CCOC(=O)c1ccc(N2C(=O)C(O)=C(C(=O)c3ccco3)C2c2cccc(OC)c2)cc1. The zero-order valence-corrected chi connectivity index (χ0v) is 18.0. The highest BCUT2D eigenvalue weighted by atomic mass is 16.5. The lowest BCUT2D eigenvalue weighted by molar-refractivity contribution is -0.117. The number of aliphatic hydroxyl groups is 1. The van der Waals surface area contributed by atoms with Crippen molar-refractivity contribution in [1.29, 1.82) is 0 Å². The second kappa shape index (κ2) is 9.04. The minimum absolute atomic E-state index is 0.00300. The Labute approximate surface area is 189 Å². The molecule has 0 bridgehead atoms. The molecule has 1 N–H and O–H groups in total. The number of aliphatic hydroxyl groups excluding tert-OH is 1. The fourth-order valence-corrected chi connectivity index (χ4v) is 3.74. The number of rotatable bonds is 7. The second-order valence-electron chi connectivity index (χ2n) is 7.19. The van der Waals surface area contributed by atoms with Gasteiger partial charge in [-0.05, 0) is 61.0 Å². The van der Waals surface area contributed by atoms with E-state index in [-0.39, 0.29) is 17.9 Å². The van der Waals surface area contributed by atoms with Crippen molar-refractivity contribution < 1.29 is 33.4 Å². The lowest BCUT2D eigenvalue weighted by Crippen LogP contribution is -2.31. The normalized spacial score (nSPS) is 15.6. The fourth-order valence-electron chi connectivity index (χ4n) is 3.74. The summed E-state index contributed by atoms with van der Waals surface area (Å²) in [7, 11) is 1.51. The molecular weight excluding hydrogens is 426 g/mol. The van der Waals surface area contributed by atoms with Crippen molar-refractivity contribution in [3.05, 3.63) is 95.1 Å². The van der Waals surface area contributed by atoms with E-state index in [0.29, 0.717) is 22.6 Å². The molecule has 0 fully saturated rings. The van der Waals surface area contributed by atoms with E-state index in [1.807, 2.05) is 0 Å². The Balaban J connectivity index is 1.81. The van der Waals surface area contributed by atoms with Gasteiger partial charge in [-0.15, -0.1) is 0 Å². The average molecular weight is 447 g/mol. The first-order chi connectivity index (χ1) is 16.0. The average Bonchev–Trinajstić information content (AvgIpc) is 3.46. The molecule has 2 heterocycles. The van der Waals surface area contributed by atoms with Gasteiger partial charge in [-0.1, -0.05) is 12.1 Å². The first-order valence-corrected chi connectivity index (χ1v) is 10.2. The summed E-state index contributed by atoms with van der Waals surface area (Å²) >= 11 is 0. The number of anilines is 1. The Hall–Kier alpha value is -4.33. The van der Waals surface area contributed by atoms with Crippen LogP contribution in [-0.4, -0.2) is 36.5 Å². The van der Waals surface area contributed by atoms with Crippen LogP contribution >= 0.6 is 0 Å². The molecular formula is C25H21NO7. The van der Waals surface area contributed by atoms with Crippen molar-refractivity contribution in [3.8, 4) is 5.75 Å². The molecule has 1 amide bonds. The third-order valence-corrected chi connectivity index (χ3v) is 5.26. The Morgan fingerprint density at radius 1 is 1.09 bits per heavy atom. The molecule has 0 radical (unpaired) electrons. The highest BCUT2D eigenvalue weighted by molar-refractivity contribution is 6.20. The number of carbonyl (C=O) groups excluding carboxylic acids is 3. The largest absolute Gasteiger partial charge is 0.503 e. The molecule has 1 aromatic heterocycles. The molecule has 1 unspecified atom stereocenters. The minimum Gasteiger partial charge on any atom is -0.503 e. The summed E-state index contributed by atoms with van der Waals surface area (Å²) in [5.74, 6) is -1.99. The van der Waals surface area contributed by atoms with Crippen LogP contribution < -0.4 is 9.64 Å². The standard InChI is InChI=1S/C25H21NO7/c1-3-32-25(30)15-9-11-17(12-10-15)26-21(16-6-4-7-18(14-16)31-2)20(23(28)24(26)29)22(27)19-8-5-13-33-19/h4-14,21,28H,3H2,1-2H3. The molecule has 1 atom stereocenters. The van der Waals surface area contributed by atoms with Crippen LogP contribution in [0.1, 0.15) is 39.4 Å². The molecule has 2 aromatic carbocycles. The molecule has 8 heteroatoms. The van der Waals surface area contributed by atoms with Gasteiger partial charge in [-0.3, -0.25) is 14.5 Å². The van der Waals surface area contributed by atoms with Gasteiger partial charge in [0.15, 0.2) is 11.5 Å². The number of amides is 1. The lowest BCUT2D eigenvalue weighted by atomic mass is 9.94. The minimum atomic E-state index is -0.946. The van der Waals surface area contributed by atoms with Gasteiger partial charge in [0.05, 0.1) is 37.2 Å². The number of furan rings is 1. The van der Waals surface area contributed by atoms with Crippen LogP contribution in [-0.2, 0) is 9.53 Å². The number of esters is 1. The Morgan fingerprint density at radius 2 is 1.85 bits per heavy atom. The van der Waals surface area contributed by atoms with Gasteiger partial charge < -0.3 is 19.0 Å². The lowest BCUT2D eigenvalue weighted by Gasteiger charge is -2.27. The fraction of sp³-hybridized carbons (Fsp3) is 0.160. The summed E-state index contributed by atoms with van der Waals surface area (Å²) in [4.78, 5) is 39.7. The second-order valence-corrected chi connectivity index (χ2v) is 7.19. The van der Waals surface area contributed by atoms with Gasteiger partial charge in [0.1, 0.15) is 5.75 Å².